The molecule has 102 valence electrons. The second-order valence-electron chi connectivity index (χ2n) is 5.51. The molecule has 3 heteroatoms. The molecule has 1 amide bonds. The van der Waals surface area contributed by atoms with Gasteiger partial charge in [-0.3, -0.25) is 4.79 Å². The Morgan fingerprint density at radius 3 is 2.53 bits per heavy atom. The van der Waals surface area contributed by atoms with E-state index < -0.39 is 0 Å². The van der Waals surface area contributed by atoms with E-state index in [9.17, 15) is 4.79 Å². The van der Waals surface area contributed by atoms with Gasteiger partial charge in [0.1, 0.15) is 0 Å². The van der Waals surface area contributed by atoms with E-state index in [1.807, 2.05) is 25.1 Å². The number of hydrogen-bond donors (Lipinski definition) is 0. The van der Waals surface area contributed by atoms with Crippen molar-refractivity contribution < 1.29 is 4.79 Å². The summed E-state index contributed by atoms with van der Waals surface area (Å²) in [4.78, 5) is 12.2. The highest BCUT2D eigenvalue weighted by Gasteiger charge is 2.34. The number of rotatable bonds is 5. The van der Waals surface area contributed by atoms with Crippen molar-refractivity contribution in [3.05, 3.63) is 35.9 Å². The van der Waals surface area contributed by atoms with Crippen LogP contribution in [0.25, 0.3) is 0 Å². The number of hydrogen-bond acceptors (Lipinski definition) is 2. The average molecular weight is 258 g/mol. The summed E-state index contributed by atoms with van der Waals surface area (Å²) in [7, 11) is 0. The molecule has 3 nitrogen and oxygen atoms in total. The molecule has 1 atom stereocenters. The summed E-state index contributed by atoms with van der Waals surface area (Å²) in [5.41, 5.74) is 2.27. The second-order valence-corrected chi connectivity index (χ2v) is 5.51. The zero-order valence-electron chi connectivity index (χ0n) is 12.0. The Morgan fingerprint density at radius 1 is 1.26 bits per heavy atom. The molecule has 0 fully saturated rings. The lowest BCUT2D eigenvalue weighted by Gasteiger charge is -2.16. The predicted molar refractivity (Wildman–Crippen MR) is 77.9 cm³/mol. The van der Waals surface area contributed by atoms with Crippen molar-refractivity contribution in [2.24, 2.45) is 16.9 Å². The largest absolute Gasteiger partial charge is 0.272 e. The summed E-state index contributed by atoms with van der Waals surface area (Å²) in [5, 5.41) is 6.06. The fourth-order valence-corrected chi connectivity index (χ4v) is 2.65. The Balaban J connectivity index is 1.86. The van der Waals surface area contributed by atoms with Gasteiger partial charge in [0.25, 0.3) is 5.91 Å². The van der Waals surface area contributed by atoms with Crippen LogP contribution in [-0.2, 0) is 11.2 Å². The molecule has 0 radical (unpaired) electrons. The Kier molecular flexibility index (Phi) is 4.35. The number of benzene rings is 1. The van der Waals surface area contributed by atoms with Gasteiger partial charge in [-0.25, -0.2) is 5.01 Å². The summed E-state index contributed by atoms with van der Waals surface area (Å²) < 4.78 is 0. The van der Waals surface area contributed by atoms with E-state index >= 15 is 0 Å². The first-order valence-electron chi connectivity index (χ1n) is 7.00. The first kappa shape index (κ1) is 13.8. The van der Waals surface area contributed by atoms with Crippen LogP contribution in [0.2, 0.25) is 0 Å². The molecule has 1 aromatic rings. The molecule has 2 rings (SSSR count). The molecule has 0 aromatic heterocycles. The second kappa shape index (κ2) is 6.00. The summed E-state index contributed by atoms with van der Waals surface area (Å²) in [5.74, 6) is 0.479. The predicted octanol–water partition coefficient (Wildman–Crippen LogP) is 3.11. The third-order valence-electron chi connectivity index (χ3n) is 3.59. The number of carbonyl (C=O) groups excluding carboxylic acids is 1. The standard InChI is InChI=1S/C16H22N2O/c1-12(2)15-13(3)17-18(16(15)19)11-7-10-14-8-5-4-6-9-14/h4-6,8-9,12,15H,7,10-11H2,1-3H3. The zero-order valence-corrected chi connectivity index (χ0v) is 12.0. The molecule has 19 heavy (non-hydrogen) atoms. The summed E-state index contributed by atoms with van der Waals surface area (Å²) in [6.45, 7) is 6.83. The van der Waals surface area contributed by atoms with E-state index in [2.05, 4.69) is 31.1 Å². The van der Waals surface area contributed by atoms with Gasteiger partial charge in [0, 0.05) is 12.3 Å². The Morgan fingerprint density at radius 2 is 1.95 bits per heavy atom. The molecule has 0 N–H and O–H groups in total. The van der Waals surface area contributed by atoms with E-state index in [0.717, 1.165) is 18.6 Å². The minimum atomic E-state index is -0.0169. The maximum atomic E-state index is 12.2. The summed E-state index contributed by atoms with van der Waals surface area (Å²) in [6.07, 6.45) is 1.95. The molecular formula is C16H22N2O. The molecule has 0 spiro atoms. The highest BCUT2D eigenvalue weighted by Crippen LogP contribution is 2.23. The molecule has 1 aliphatic heterocycles. The van der Waals surface area contributed by atoms with Gasteiger partial charge < -0.3 is 0 Å². The van der Waals surface area contributed by atoms with Crippen LogP contribution in [0, 0.1) is 11.8 Å². The first-order valence-corrected chi connectivity index (χ1v) is 7.00. The number of nitrogens with zero attached hydrogens (tertiary/aromatic N) is 2. The fourth-order valence-electron chi connectivity index (χ4n) is 2.65. The maximum Gasteiger partial charge on any atom is 0.251 e. The topological polar surface area (TPSA) is 32.7 Å². The summed E-state index contributed by atoms with van der Waals surface area (Å²) >= 11 is 0. The lowest BCUT2D eigenvalue weighted by molar-refractivity contribution is -0.132. The zero-order chi connectivity index (χ0) is 13.8. The normalized spacial score (nSPS) is 19.2. The van der Waals surface area contributed by atoms with Crippen LogP contribution in [-0.4, -0.2) is 23.2 Å². The van der Waals surface area contributed by atoms with Crippen LogP contribution in [0.5, 0.6) is 0 Å². The van der Waals surface area contributed by atoms with Crippen LogP contribution in [0.4, 0.5) is 0 Å². The molecule has 0 aliphatic carbocycles. The highest BCUT2D eigenvalue weighted by atomic mass is 16.2. The minimum absolute atomic E-state index is 0.0169. The van der Waals surface area contributed by atoms with Crippen LogP contribution in [0.3, 0.4) is 0 Å². The van der Waals surface area contributed by atoms with Crippen molar-refractivity contribution >= 4 is 11.6 Å². The third kappa shape index (κ3) is 3.22. The van der Waals surface area contributed by atoms with Crippen molar-refractivity contribution in [1.29, 1.82) is 0 Å². The van der Waals surface area contributed by atoms with E-state index in [4.69, 9.17) is 0 Å². The average Bonchev–Trinajstić information content (AvgIpc) is 2.66. The lowest BCUT2D eigenvalue weighted by atomic mass is 9.92. The molecule has 1 heterocycles. The van der Waals surface area contributed by atoms with E-state index in [0.29, 0.717) is 12.5 Å². The van der Waals surface area contributed by atoms with Crippen LogP contribution in [0.1, 0.15) is 32.8 Å². The molecule has 1 aromatic carbocycles. The Hall–Kier alpha value is -1.64. The van der Waals surface area contributed by atoms with Crippen molar-refractivity contribution in [2.75, 3.05) is 6.54 Å². The van der Waals surface area contributed by atoms with Gasteiger partial charge in [-0.15, -0.1) is 0 Å². The van der Waals surface area contributed by atoms with Crippen molar-refractivity contribution in [3.63, 3.8) is 0 Å². The van der Waals surface area contributed by atoms with Gasteiger partial charge in [-0.1, -0.05) is 44.2 Å². The van der Waals surface area contributed by atoms with E-state index in [1.54, 1.807) is 5.01 Å². The molecule has 0 saturated heterocycles. The molecule has 1 unspecified atom stereocenters. The van der Waals surface area contributed by atoms with Crippen molar-refractivity contribution in [3.8, 4) is 0 Å². The monoisotopic (exact) mass is 258 g/mol. The Bertz CT molecular complexity index is 465. The minimum Gasteiger partial charge on any atom is -0.272 e. The van der Waals surface area contributed by atoms with Gasteiger partial charge in [0.2, 0.25) is 0 Å². The number of carbonyl (C=O) groups is 1. The molecule has 0 saturated carbocycles. The lowest BCUT2D eigenvalue weighted by Crippen LogP contribution is -2.31. The maximum absolute atomic E-state index is 12.2. The smallest absolute Gasteiger partial charge is 0.251 e. The molecular weight excluding hydrogens is 236 g/mol. The van der Waals surface area contributed by atoms with E-state index in [1.165, 1.54) is 5.56 Å². The van der Waals surface area contributed by atoms with E-state index in [-0.39, 0.29) is 11.8 Å². The highest BCUT2D eigenvalue weighted by molar-refractivity contribution is 6.07. The molecule has 1 aliphatic rings. The third-order valence-corrected chi connectivity index (χ3v) is 3.59. The van der Waals surface area contributed by atoms with Gasteiger partial charge in [-0.05, 0) is 31.2 Å². The van der Waals surface area contributed by atoms with Crippen LogP contribution in [0.15, 0.2) is 35.4 Å². The van der Waals surface area contributed by atoms with Gasteiger partial charge >= 0.3 is 0 Å². The SMILES string of the molecule is CC1=NN(CCCc2ccccc2)C(=O)C1C(C)C. The van der Waals surface area contributed by atoms with Gasteiger partial charge in [0.15, 0.2) is 0 Å². The van der Waals surface area contributed by atoms with Crippen molar-refractivity contribution in [1.82, 2.24) is 5.01 Å². The quantitative estimate of drug-likeness (QED) is 0.798. The van der Waals surface area contributed by atoms with Gasteiger partial charge in [0.05, 0.1) is 5.92 Å². The summed E-state index contributed by atoms with van der Waals surface area (Å²) in [6, 6.07) is 10.4. The van der Waals surface area contributed by atoms with Crippen LogP contribution < -0.4 is 0 Å². The fraction of sp³-hybridized carbons (Fsp3) is 0.500. The van der Waals surface area contributed by atoms with Crippen LogP contribution >= 0.6 is 0 Å². The first-order chi connectivity index (χ1) is 9.09. The number of aryl methyl sites for hydroxylation is 1. The number of amides is 1. The number of hydrazone groups is 1. The Labute approximate surface area is 115 Å². The van der Waals surface area contributed by atoms with Crippen molar-refractivity contribution in [2.45, 2.75) is 33.6 Å². The molecule has 0 bridgehead atoms. The van der Waals surface area contributed by atoms with Gasteiger partial charge in [-0.2, -0.15) is 5.10 Å².